The fourth-order valence-electron chi connectivity index (χ4n) is 4.61. The first-order valence-corrected chi connectivity index (χ1v) is 8.85. The van der Waals surface area contributed by atoms with Crippen molar-refractivity contribution >= 4 is 5.91 Å². The molecule has 1 aliphatic heterocycles. The summed E-state index contributed by atoms with van der Waals surface area (Å²) in [5.41, 5.74) is 3.29. The van der Waals surface area contributed by atoms with Gasteiger partial charge in [-0.05, 0) is 68.2 Å². The van der Waals surface area contributed by atoms with E-state index in [0.29, 0.717) is 17.2 Å². The Morgan fingerprint density at radius 2 is 2.09 bits per heavy atom. The van der Waals surface area contributed by atoms with Crippen LogP contribution in [0.25, 0.3) is 0 Å². The van der Waals surface area contributed by atoms with E-state index in [-0.39, 0.29) is 5.92 Å². The molecule has 1 aromatic rings. The zero-order valence-corrected chi connectivity index (χ0v) is 13.2. The maximum Gasteiger partial charge on any atom is 0.223 e. The number of carbonyl (C=O) groups is 1. The van der Waals surface area contributed by atoms with Crippen LogP contribution in [0.1, 0.15) is 49.1 Å². The van der Waals surface area contributed by atoms with Crippen LogP contribution in [0, 0.1) is 11.3 Å². The predicted octanol–water partition coefficient (Wildman–Crippen LogP) is 2.61. The van der Waals surface area contributed by atoms with Crippen LogP contribution in [0.4, 0.5) is 0 Å². The number of carbonyl (C=O) groups excluding carboxylic acids is 1. The van der Waals surface area contributed by atoms with E-state index in [9.17, 15) is 4.79 Å². The van der Waals surface area contributed by atoms with E-state index >= 15 is 0 Å². The number of fused-ring (bicyclic) bond motifs is 1. The van der Waals surface area contributed by atoms with Gasteiger partial charge in [-0.1, -0.05) is 24.3 Å². The highest BCUT2D eigenvalue weighted by Gasteiger charge is 2.57. The van der Waals surface area contributed by atoms with Gasteiger partial charge >= 0.3 is 0 Å². The number of rotatable bonds is 3. The minimum atomic E-state index is 0.286. The standard InChI is InChI=1S/C19H26N2O/c22-18(17-12-19(17)8-10-20-11-9-19)21-13-15-6-3-5-14-4-1-2-7-16(14)15/h1-2,4,7,15,17,20H,3,5-6,8-13H2,(H,21,22). The Morgan fingerprint density at radius 3 is 2.95 bits per heavy atom. The van der Waals surface area contributed by atoms with Crippen molar-refractivity contribution in [1.29, 1.82) is 0 Å². The SMILES string of the molecule is O=C(NCC1CCCc2ccccc21)C1CC12CCNCC2. The first-order chi connectivity index (χ1) is 10.8. The Kier molecular flexibility index (Phi) is 3.69. The molecule has 118 valence electrons. The van der Waals surface area contributed by atoms with Crippen molar-refractivity contribution in [1.82, 2.24) is 10.6 Å². The Morgan fingerprint density at radius 1 is 1.27 bits per heavy atom. The second-order valence-corrected chi connectivity index (χ2v) is 7.40. The number of nitrogens with one attached hydrogen (secondary N) is 2. The minimum Gasteiger partial charge on any atom is -0.355 e. The van der Waals surface area contributed by atoms with Gasteiger partial charge in [-0.2, -0.15) is 0 Å². The summed E-state index contributed by atoms with van der Waals surface area (Å²) in [7, 11) is 0. The molecule has 22 heavy (non-hydrogen) atoms. The van der Waals surface area contributed by atoms with Gasteiger partial charge in [0.05, 0.1) is 0 Å². The summed E-state index contributed by atoms with van der Waals surface area (Å²) in [5, 5.41) is 6.67. The average molecular weight is 298 g/mol. The fraction of sp³-hybridized carbons (Fsp3) is 0.632. The van der Waals surface area contributed by atoms with E-state index < -0.39 is 0 Å². The molecule has 0 aromatic heterocycles. The number of piperidine rings is 1. The molecule has 1 spiro atoms. The lowest BCUT2D eigenvalue weighted by molar-refractivity contribution is -0.123. The maximum atomic E-state index is 12.5. The van der Waals surface area contributed by atoms with Gasteiger partial charge in [-0.15, -0.1) is 0 Å². The van der Waals surface area contributed by atoms with Crippen molar-refractivity contribution in [3.8, 4) is 0 Å². The van der Waals surface area contributed by atoms with Gasteiger partial charge in [0.2, 0.25) is 5.91 Å². The predicted molar refractivity (Wildman–Crippen MR) is 87.8 cm³/mol. The van der Waals surface area contributed by atoms with Crippen LogP contribution < -0.4 is 10.6 Å². The molecular weight excluding hydrogens is 272 g/mol. The van der Waals surface area contributed by atoms with Crippen molar-refractivity contribution in [2.24, 2.45) is 11.3 Å². The number of amides is 1. The number of aryl methyl sites for hydroxylation is 1. The lowest BCUT2D eigenvalue weighted by Gasteiger charge is -2.26. The number of hydrogen-bond donors (Lipinski definition) is 2. The molecule has 1 amide bonds. The quantitative estimate of drug-likeness (QED) is 0.900. The molecule has 1 saturated heterocycles. The number of benzene rings is 1. The minimum absolute atomic E-state index is 0.286. The van der Waals surface area contributed by atoms with E-state index in [0.717, 1.165) is 26.1 Å². The summed E-state index contributed by atoms with van der Waals surface area (Å²) >= 11 is 0. The summed E-state index contributed by atoms with van der Waals surface area (Å²) < 4.78 is 0. The Bertz CT molecular complexity index is 562. The Balaban J connectivity index is 1.35. The van der Waals surface area contributed by atoms with Gasteiger partial charge in [0, 0.05) is 18.4 Å². The van der Waals surface area contributed by atoms with Crippen LogP contribution in [-0.2, 0) is 11.2 Å². The van der Waals surface area contributed by atoms with Crippen LogP contribution in [0.5, 0.6) is 0 Å². The van der Waals surface area contributed by atoms with Gasteiger partial charge in [0.1, 0.15) is 0 Å². The first-order valence-electron chi connectivity index (χ1n) is 8.85. The molecule has 3 heteroatoms. The van der Waals surface area contributed by atoms with Gasteiger partial charge < -0.3 is 10.6 Å². The Hall–Kier alpha value is -1.35. The van der Waals surface area contributed by atoms with E-state index in [2.05, 4.69) is 34.9 Å². The van der Waals surface area contributed by atoms with Crippen LogP contribution in [-0.4, -0.2) is 25.5 Å². The monoisotopic (exact) mass is 298 g/mol. The molecule has 2 aliphatic carbocycles. The average Bonchev–Trinajstić information content (AvgIpc) is 3.26. The molecule has 2 atom stereocenters. The van der Waals surface area contributed by atoms with Crippen LogP contribution in [0.15, 0.2) is 24.3 Å². The summed E-state index contributed by atoms with van der Waals surface area (Å²) in [6, 6.07) is 8.75. The summed E-state index contributed by atoms with van der Waals surface area (Å²) in [6.45, 7) is 2.99. The van der Waals surface area contributed by atoms with Crippen molar-refractivity contribution in [2.45, 2.75) is 44.4 Å². The van der Waals surface area contributed by atoms with Crippen molar-refractivity contribution in [3.05, 3.63) is 35.4 Å². The van der Waals surface area contributed by atoms with Crippen LogP contribution in [0.2, 0.25) is 0 Å². The van der Waals surface area contributed by atoms with Gasteiger partial charge in [-0.3, -0.25) is 4.79 Å². The second kappa shape index (κ2) is 5.69. The lowest BCUT2D eigenvalue weighted by Crippen LogP contribution is -2.35. The summed E-state index contributed by atoms with van der Waals surface area (Å²) in [6.07, 6.45) is 7.11. The van der Waals surface area contributed by atoms with Crippen molar-refractivity contribution in [2.75, 3.05) is 19.6 Å². The van der Waals surface area contributed by atoms with Crippen molar-refractivity contribution < 1.29 is 4.79 Å². The molecule has 3 nitrogen and oxygen atoms in total. The second-order valence-electron chi connectivity index (χ2n) is 7.40. The number of hydrogen-bond acceptors (Lipinski definition) is 2. The normalized spacial score (nSPS) is 28.9. The summed E-state index contributed by atoms with van der Waals surface area (Å²) in [4.78, 5) is 12.5. The molecule has 2 N–H and O–H groups in total. The lowest BCUT2D eigenvalue weighted by atomic mass is 9.83. The van der Waals surface area contributed by atoms with E-state index in [1.165, 1.54) is 43.2 Å². The highest BCUT2D eigenvalue weighted by Crippen LogP contribution is 2.58. The van der Waals surface area contributed by atoms with Gasteiger partial charge in [-0.25, -0.2) is 0 Å². The zero-order valence-electron chi connectivity index (χ0n) is 13.2. The molecule has 4 rings (SSSR count). The molecule has 1 heterocycles. The highest BCUT2D eigenvalue weighted by molar-refractivity contribution is 5.82. The van der Waals surface area contributed by atoms with Gasteiger partial charge in [0.15, 0.2) is 0 Å². The summed E-state index contributed by atoms with van der Waals surface area (Å²) in [5.74, 6) is 1.11. The van der Waals surface area contributed by atoms with E-state index in [1.807, 2.05) is 0 Å². The zero-order chi connectivity index (χ0) is 15.0. The van der Waals surface area contributed by atoms with Crippen LogP contribution >= 0.6 is 0 Å². The first kappa shape index (κ1) is 14.3. The molecular formula is C19H26N2O. The molecule has 3 aliphatic rings. The fourth-order valence-corrected chi connectivity index (χ4v) is 4.61. The molecule has 0 bridgehead atoms. The molecule has 2 fully saturated rings. The van der Waals surface area contributed by atoms with Crippen molar-refractivity contribution in [3.63, 3.8) is 0 Å². The Labute approximate surface area is 132 Å². The maximum absolute atomic E-state index is 12.5. The van der Waals surface area contributed by atoms with E-state index in [1.54, 1.807) is 0 Å². The largest absolute Gasteiger partial charge is 0.355 e. The van der Waals surface area contributed by atoms with Gasteiger partial charge in [0.25, 0.3) is 0 Å². The molecule has 0 radical (unpaired) electrons. The van der Waals surface area contributed by atoms with E-state index in [4.69, 9.17) is 0 Å². The third kappa shape index (κ3) is 2.56. The van der Waals surface area contributed by atoms with Crippen LogP contribution in [0.3, 0.4) is 0 Å². The topological polar surface area (TPSA) is 41.1 Å². The molecule has 1 saturated carbocycles. The smallest absolute Gasteiger partial charge is 0.223 e. The third-order valence-corrected chi connectivity index (χ3v) is 6.12. The third-order valence-electron chi connectivity index (χ3n) is 6.12. The molecule has 1 aromatic carbocycles. The molecule has 2 unspecified atom stereocenters. The highest BCUT2D eigenvalue weighted by atomic mass is 16.2.